The van der Waals surface area contributed by atoms with Crippen molar-refractivity contribution >= 4 is 5.84 Å². The summed E-state index contributed by atoms with van der Waals surface area (Å²) in [5.74, 6) is 0.906. The van der Waals surface area contributed by atoms with Gasteiger partial charge >= 0.3 is 6.18 Å². The van der Waals surface area contributed by atoms with Crippen molar-refractivity contribution in [3.05, 3.63) is 88.7 Å². The zero-order valence-corrected chi connectivity index (χ0v) is 19.7. The maximum Gasteiger partial charge on any atom is 0.416 e. The molecule has 3 aromatic rings. The molecule has 36 heavy (non-hydrogen) atoms. The van der Waals surface area contributed by atoms with Crippen LogP contribution in [0.5, 0.6) is 11.5 Å². The number of pyridine rings is 1. The minimum absolute atomic E-state index is 0.0540. The molecule has 1 fully saturated rings. The van der Waals surface area contributed by atoms with E-state index in [0.717, 1.165) is 29.8 Å². The van der Waals surface area contributed by atoms with Crippen LogP contribution < -0.4 is 10.2 Å². The van der Waals surface area contributed by atoms with E-state index in [2.05, 4.69) is 34.7 Å². The van der Waals surface area contributed by atoms with E-state index in [1.54, 1.807) is 0 Å². The Morgan fingerprint density at radius 3 is 2.67 bits per heavy atom. The zero-order valence-electron chi connectivity index (χ0n) is 19.7. The van der Waals surface area contributed by atoms with Crippen LogP contribution in [-0.4, -0.2) is 36.7 Å². The number of amidine groups is 1. The monoisotopic (exact) mass is 497 g/mol. The first-order valence-corrected chi connectivity index (χ1v) is 11.8. The van der Waals surface area contributed by atoms with Crippen LogP contribution in [0.4, 0.5) is 13.2 Å². The van der Waals surface area contributed by atoms with Gasteiger partial charge in [0.15, 0.2) is 11.6 Å². The Morgan fingerprint density at radius 2 is 1.92 bits per heavy atom. The SMILES string of the molecule is Cc1ccc(C[C@@H]2CONC(c3cc([C@@H]4CCOC4)ncc3Oc3cccc(C(F)(F)F)c3)=N2)cc1. The Bertz CT molecular complexity index is 1240. The Morgan fingerprint density at radius 1 is 1.08 bits per heavy atom. The number of aryl methyl sites for hydroxylation is 1. The molecule has 0 aliphatic carbocycles. The standard InChI is InChI=1S/C27H26F3N3O3/c1-17-5-7-18(8-6-17)11-21-16-35-33-26(32-21)23-13-24(19-9-10-34-15-19)31-14-25(23)36-22-4-2-3-20(12-22)27(28,29)30/h2-8,12-14,19,21H,9-11,15-16H2,1H3,(H,32,33)/t19-,21-/m1/s1. The van der Waals surface area contributed by atoms with Crippen LogP contribution >= 0.6 is 0 Å². The lowest BCUT2D eigenvalue weighted by Gasteiger charge is -2.24. The lowest BCUT2D eigenvalue weighted by molar-refractivity contribution is -0.137. The molecule has 0 saturated carbocycles. The molecule has 3 heterocycles. The summed E-state index contributed by atoms with van der Waals surface area (Å²) in [5.41, 5.74) is 5.78. The molecule has 0 amide bonds. The van der Waals surface area contributed by atoms with Crippen LogP contribution in [0.1, 0.15) is 40.3 Å². The number of hydrogen-bond acceptors (Lipinski definition) is 6. The Kier molecular flexibility index (Phi) is 6.93. The predicted molar refractivity (Wildman–Crippen MR) is 128 cm³/mol. The molecular formula is C27H26F3N3O3. The van der Waals surface area contributed by atoms with Crippen LogP contribution in [0.25, 0.3) is 0 Å². The summed E-state index contributed by atoms with van der Waals surface area (Å²) in [6.07, 6.45) is -1.42. The molecule has 2 aromatic carbocycles. The van der Waals surface area contributed by atoms with E-state index in [-0.39, 0.29) is 23.5 Å². The van der Waals surface area contributed by atoms with E-state index < -0.39 is 11.7 Å². The van der Waals surface area contributed by atoms with Gasteiger partial charge in [0, 0.05) is 18.2 Å². The maximum absolute atomic E-state index is 13.2. The van der Waals surface area contributed by atoms with Crippen LogP contribution in [0.15, 0.2) is 65.8 Å². The average Bonchev–Trinajstić information content (AvgIpc) is 3.41. The molecule has 1 saturated heterocycles. The first-order chi connectivity index (χ1) is 17.3. The smallest absolute Gasteiger partial charge is 0.416 e. The van der Waals surface area contributed by atoms with Gasteiger partial charge in [-0.1, -0.05) is 35.9 Å². The van der Waals surface area contributed by atoms with E-state index in [0.29, 0.717) is 37.6 Å². The molecule has 0 unspecified atom stereocenters. The lowest BCUT2D eigenvalue weighted by atomic mass is 10.0. The van der Waals surface area contributed by atoms with Gasteiger partial charge in [-0.25, -0.2) is 5.48 Å². The highest BCUT2D eigenvalue weighted by Gasteiger charge is 2.31. The number of rotatable bonds is 6. The third kappa shape index (κ3) is 5.68. The maximum atomic E-state index is 13.2. The van der Waals surface area contributed by atoms with Gasteiger partial charge in [0.2, 0.25) is 0 Å². The van der Waals surface area contributed by atoms with Gasteiger partial charge in [0.25, 0.3) is 0 Å². The summed E-state index contributed by atoms with van der Waals surface area (Å²) >= 11 is 0. The second-order valence-corrected chi connectivity index (χ2v) is 9.03. The molecule has 0 radical (unpaired) electrons. The zero-order chi connectivity index (χ0) is 25.1. The van der Waals surface area contributed by atoms with Crippen LogP contribution in [-0.2, 0) is 22.2 Å². The summed E-state index contributed by atoms with van der Waals surface area (Å²) in [5, 5.41) is 0. The van der Waals surface area contributed by atoms with Crippen LogP contribution in [0.2, 0.25) is 0 Å². The molecule has 5 rings (SSSR count). The summed E-state index contributed by atoms with van der Waals surface area (Å²) in [7, 11) is 0. The lowest BCUT2D eigenvalue weighted by Crippen LogP contribution is -2.37. The van der Waals surface area contributed by atoms with Gasteiger partial charge in [-0.3, -0.25) is 14.8 Å². The number of nitrogens with zero attached hydrogens (tertiary/aromatic N) is 2. The van der Waals surface area contributed by atoms with E-state index in [1.807, 2.05) is 13.0 Å². The van der Waals surface area contributed by atoms with Gasteiger partial charge in [-0.05, 0) is 49.6 Å². The fraction of sp³-hybridized carbons (Fsp3) is 0.333. The number of hydroxylamine groups is 1. The van der Waals surface area contributed by atoms with Gasteiger partial charge in [-0.2, -0.15) is 13.2 Å². The molecule has 0 spiro atoms. The number of aliphatic imine (C=N–C) groups is 1. The topological polar surface area (TPSA) is 65.0 Å². The number of hydrogen-bond donors (Lipinski definition) is 1. The van der Waals surface area contributed by atoms with Crippen LogP contribution in [0.3, 0.4) is 0 Å². The van der Waals surface area contributed by atoms with Crippen LogP contribution in [0, 0.1) is 6.92 Å². The molecular weight excluding hydrogens is 471 g/mol. The third-order valence-electron chi connectivity index (χ3n) is 6.23. The molecule has 2 aliphatic rings. The summed E-state index contributed by atoms with van der Waals surface area (Å²) in [6.45, 7) is 3.64. The van der Waals surface area contributed by atoms with Gasteiger partial charge in [-0.15, -0.1) is 0 Å². The molecule has 9 heteroatoms. The first-order valence-electron chi connectivity index (χ1n) is 11.8. The van der Waals surface area contributed by atoms with Gasteiger partial charge in [0.1, 0.15) is 5.75 Å². The minimum atomic E-state index is -4.47. The number of halogens is 3. The van der Waals surface area contributed by atoms with Crippen molar-refractivity contribution in [3.63, 3.8) is 0 Å². The first kappa shape index (κ1) is 24.3. The van der Waals surface area contributed by atoms with Crippen molar-refractivity contribution in [1.29, 1.82) is 0 Å². The second-order valence-electron chi connectivity index (χ2n) is 9.03. The molecule has 2 aliphatic heterocycles. The highest BCUT2D eigenvalue weighted by atomic mass is 19.4. The third-order valence-corrected chi connectivity index (χ3v) is 6.23. The number of benzene rings is 2. The van der Waals surface area contributed by atoms with E-state index in [9.17, 15) is 13.2 Å². The quantitative estimate of drug-likeness (QED) is 0.481. The molecule has 0 bridgehead atoms. The Labute approximate surface area is 207 Å². The number of aromatic nitrogens is 1. The predicted octanol–water partition coefficient (Wildman–Crippen LogP) is 5.60. The van der Waals surface area contributed by atoms with Gasteiger partial charge < -0.3 is 9.47 Å². The Hall–Kier alpha value is -3.43. The molecule has 2 atom stereocenters. The largest absolute Gasteiger partial charge is 0.455 e. The second kappa shape index (κ2) is 10.3. The van der Waals surface area contributed by atoms with Crippen molar-refractivity contribution in [3.8, 4) is 11.5 Å². The molecule has 188 valence electrons. The normalized spacial score (nSPS) is 20.1. The minimum Gasteiger partial charge on any atom is -0.455 e. The summed E-state index contributed by atoms with van der Waals surface area (Å²) in [4.78, 5) is 15.0. The van der Waals surface area contributed by atoms with Crippen molar-refractivity contribution in [2.45, 2.75) is 37.9 Å². The Balaban J connectivity index is 1.47. The number of nitrogens with one attached hydrogen (secondary N) is 1. The summed E-state index contributed by atoms with van der Waals surface area (Å²) < 4.78 is 51.1. The fourth-order valence-electron chi connectivity index (χ4n) is 4.26. The highest BCUT2D eigenvalue weighted by Crippen LogP contribution is 2.34. The van der Waals surface area contributed by atoms with E-state index >= 15 is 0 Å². The van der Waals surface area contributed by atoms with Crippen molar-refractivity contribution < 1.29 is 27.5 Å². The summed E-state index contributed by atoms with van der Waals surface area (Å²) in [6, 6.07) is 14.7. The number of alkyl halides is 3. The van der Waals surface area contributed by atoms with Gasteiger partial charge in [0.05, 0.1) is 36.6 Å². The van der Waals surface area contributed by atoms with E-state index in [1.165, 1.54) is 23.9 Å². The van der Waals surface area contributed by atoms with Crippen molar-refractivity contribution in [2.75, 3.05) is 19.8 Å². The molecule has 6 nitrogen and oxygen atoms in total. The molecule has 1 aromatic heterocycles. The average molecular weight is 498 g/mol. The van der Waals surface area contributed by atoms with Crippen molar-refractivity contribution in [1.82, 2.24) is 10.5 Å². The highest BCUT2D eigenvalue weighted by molar-refractivity contribution is 6.01. The van der Waals surface area contributed by atoms with E-state index in [4.69, 9.17) is 19.3 Å². The molecule has 1 N–H and O–H groups in total. The number of ether oxygens (including phenoxy) is 2. The van der Waals surface area contributed by atoms with Crippen molar-refractivity contribution in [2.24, 2.45) is 4.99 Å². The fourth-order valence-corrected chi connectivity index (χ4v) is 4.26.